The van der Waals surface area contributed by atoms with Crippen molar-refractivity contribution in [1.82, 2.24) is 10.1 Å². The predicted molar refractivity (Wildman–Crippen MR) is 102 cm³/mol. The Morgan fingerprint density at radius 1 is 1.46 bits per heavy atom. The van der Waals surface area contributed by atoms with E-state index in [-0.39, 0.29) is 18.4 Å². The van der Waals surface area contributed by atoms with Crippen molar-refractivity contribution < 1.29 is 14.4 Å². The van der Waals surface area contributed by atoms with Crippen LogP contribution in [0, 0.1) is 22.7 Å². The van der Waals surface area contributed by atoms with Crippen LogP contribution in [0.4, 0.5) is 17.4 Å². The SMILES string of the molecule is CC(C)(CO)c1cc(Nc2cc(N3CC[C@@](C#N)(C4CC4)C3=O)ccn2)on1. The molecule has 0 bridgehead atoms. The van der Waals surface area contributed by atoms with Gasteiger partial charge in [-0.25, -0.2) is 4.98 Å². The Hall–Kier alpha value is -2.92. The van der Waals surface area contributed by atoms with Crippen LogP contribution >= 0.6 is 0 Å². The first-order chi connectivity index (χ1) is 13.4. The molecule has 146 valence electrons. The maximum atomic E-state index is 13.0. The van der Waals surface area contributed by atoms with Crippen molar-refractivity contribution in [3.05, 3.63) is 30.1 Å². The summed E-state index contributed by atoms with van der Waals surface area (Å²) in [6.45, 7) is 4.22. The number of carbonyl (C=O) groups is 1. The minimum Gasteiger partial charge on any atom is -0.395 e. The third-order valence-corrected chi connectivity index (χ3v) is 5.74. The molecule has 2 fully saturated rings. The van der Waals surface area contributed by atoms with Crippen LogP contribution in [-0.2, 0) is 10.2 Å². The molecule has 1 aliphatic heterocycles. The van der Waals surface area contributed by atoms with E-state index in [0.29, 0.717) is 36.0 Å². The van der Waals surface area contributed by atoms with Gasteiger partial charge in [-0.3, -0.25) is 4.79 Å². The molecular formula is C20H23N5O3. The normalized spacial score (nSPS) is 22.4. The molecule has 1 atom stereocenters. The Balaban J connectivity index is 1.53. The zero-order valence-corrected chi connectivity index (χ0v) is 16.0. The number of rotatable bonds is 6. The number of anilines is 3. The zero-order valence-electron chi connectivity index (χ0n) is 16.0. The highest BCUT2D eigenvalue weighted by Crippen LogP contribution is 2.51. The van der Waals surface area contributed by atoms with Crippen LogP contribution in [0.2, 0.25) is 0 Å². The fourth-order valence-electron chi connectivity index (χ4n) is 3.65. The molecule has 1 saturated heterocycles. The molecule has 0 unspecified atom stereocenters. The zero-order chi connectivity index (χ0) is 19.9. The van der Waals surface area contributed by atoms with Gasteiger partial charge in [0.05, 0.1) is 18.4 Å². The van der Waals surface area contributed by atoms with Gasteiger partial charge in [-0.2, -0.15) is 5.26 Å². The summed E-state index contributed by atoms with van der Waals surface area (Å²) in [4.78, 5) is 18.9. The van der Waals surface area contributed by atoms with Crippen molar-refractivity contribution in [2.45, 2.75) is 38.5 Å². The number of aliphatic hydroxyl groups excluding tert-OH is 1. The molecule has 3 heterocycles. The molecule has 28 heavy (non-hydrogen) atoms. The number of amides is 1. The lowest BCUT2D eigenvalue weighted by molar-refractivity contribution is -0.123. The Morgan fingerprint density at radius 3 is 2.93 bits per heavy atom. The van der Waals surface area contributed by atoms with Crippen molar-refractivity contribution >= 4 is 23.3 Å². The van der Waals surface area contributed by atoms with Crippen LogP contribution in [-0.4, -0.2) is 34.3 Å². The summed E-state index contributed by atoms with van der Waals surface area (Å²) in [6.07, 6.45) is 4.09. The number of nitriles is 1. The molecule has 4 rings (SSSR count). The number of hydrogen-bond donors (Lipinski definition) is 2. The molecule has 0 aromatic carbocycles. The van der Waals surface area contributed by atoms with Gasteiger partial charge in [0.1, 0.15) is 11.2 Å². The number of aromatic nitrogens is 2. The average Bonchev–Trinajstić information content (AvgIpc) is 3.34. The highest BCUT2D eigenvalue weighted by Gasteiger charge is 2.56. The van der Waals surface area contributed by atoms with Gasteiger partial charge in [-0.05, 0) is 31.2 Å². The van der Waals surface area contributed by atoms with Gasteiger partial charge in [-0.1, -0.05) is 19.0 Å². The second-order valence-electron chi connectivity index (χ2n) is 8.21. The van der Waals surface area contributed by atoms with E-state index in [2.05, 4.69) is 21.5 Å². The van der Waals surface area contributed by atoms with Crippen molar-refractivity contribution in [1.29, 1.82) is 5.26 Å². The summed E-state index contributed by atoms with van der Waals surface area (Å²) in [6, 6.07) is 7.55. The van der Waals surface area contributed by atoms with Crippen LogP contribution in [0.5, 0.6) is 0 Å². The molecule has 1 amide bonds. The third kappa shape index (κ3) is 3.02. The minimum absolute atomic E-state index is 0.0502. The number of aliphatic hydroxyl groups is 1. The standard InChI is InChI=1S/C20H23N5O3/c1-19(2,12-26)15-10-17(28-24-15)23-16-9-14(5-7-22-16)25-8-6-20(11-21,18(25)27)13-3-4-13/h5,7,9-10,13,26H,3-4,6,8,12H2,1-2H3,(H,22,23)/t20-/m1/s1. The van der Waals surface area contributed by atoms with Crippen LogP contribution < -0.4 is 10.2 Å². The van der Waals surface area contributed by atoms with Gasteiger partial charge in [0, 0.05) is 36.0 Å². The second kappa shape index (κ2) is 6.60. The summed E-state index contributed by atoms with van der Waals surface area (Å²) < 4.78 is 5.30. The first-order valence-electron chi connectivity index (χ1n) is 9.44. The van der Waals surface area contributed by atoms with E-state index in [1.165, 1.54) is 0 Å². The van der Waals surface area contributed by atoms with E-state index in [1.54, 1.807) is 29.3 Å². The smallest absolute Gasteiger partial charge is 0.247 e. The summed E-state index contributed by atoms with van der Waals surface area (Å²) in [7, 11) is 0. The van der Waals surface area contributed by atoms with Crippen LogP contribution in [0.1, 0.15) is 38.8 Å². The fourth-order valence-corrected chi connectivity index (χ4v) is 3.65. The van der Waals surface area contributed by atoms with Gasteiger partial charge in [0.15, 0.2) is 0 Å². The average molecular weight is 381 g/mol. The van der Waals surface area contributed by atoms with Gasteiger partial charge in [-0.15, -0.1) is 0 Å². The van der Waals surface area contributed by atoms with E-state index in [4.69, 9.17) is 4.52 Å². The lowest BCUT2D eigenvalue weighted by Gasteiger charge is -2.21. The maximum absolute atomic E-state index is 13.0. The van der Waals surface area contributed by atoms with Crippen molar-refractivity contribution in [2.24, 2.45) is 11.3 Å². The molecule has 1 saturated carbocycles. The first-order valence-corrected chi connectivity index (χ1v) is 9.44. The molecule has 0 radical (unpaired) electrons. The molecule has 2 aromatic rings. The van der Waals surface area contributed by atoms with Crippen molar-refractivity contribution in [3.63, 3.8) is 0 Å². The quantitative estimate of drug-likeness (QED) is 0.790. The molecule has 8 nitrogen and oxygen atoms in total. The maximum Gasteiger partial charge on any atom is 0.247 e. The first kappa shape index (κ1) is 18.4. The van der Waals surface area contributed by atoms with E-state index >= 15 is 0 Å². The Bertz CT molecular complexity index is 943. The topological polar surface area (TPSA) is 115 Å². The van der Waals surface area contributed by atoms with Crippen LogP contribution in [0.15, 0.2) is 28.9 Å². The Morgan fingerprint density at radius 2 is 2.25 bits per heavy atom. The highest BCUT2D eigenvalue weighted by molar-refractivity contribution is 6.02. The van der Waals surface area contributed by atoms with Crippen LogP contribution in [0.25, 0.3) is 0 Å². The van der Waals surface area contributed by atoms with E-state index in [0.717, 1.165) is 12.8 Å². The Kier molecular flexibility index (Phi) is 4.35. The number of nitrogens with one attached hydrogen (secondary N) is 1. The molecule has 2 N–H and O–H groups in total. The van der Waals surface area contributed by atoms with Gasteiger partial charge >= 0.3 is 0 Å². The summed E-state index contributed by atoms with van der Waals surface area (Å²) in [5.74, 6) is 0.993. The fraction of sp³-hybridized carbons (Fsp3) is 0.500. The number of hydrogen-bond acceptors (Lipinski definition) is 7. The van der Waals surface area contributed by atoms with Crippen molar-refractivity contribution in [3.8, 4) is 6.07 Å². The molecule has 2 aliphatic rings. The molecule has 1 aliphatic carbocycles. The predicted octanol–water partition coefficient (Wildman–Crippen LogP) is 2.74. The summed E-state index contributed by atoms with van der Waals surface area (Å²) in [5, 5.41) is 26.1. The van der Waals surface area contributed by atoms with E-state index in [1.807, 2.05) is 13.8 Å². The minimum atomic E-state index is -0.868. The van der Waals surface area contributed by atoms with Gasteiger partial charge < -0.3 is 19.8 Å². The molecular weight excluding hydrogens is 358 g/mol. The summed E-state index contributed by atoms with van der Waals surface area (Å²) >= 11 is 0. The molecule has 2 aromatic heterocycles. The highest BCUT2D eigenvalue weighted by atomic mass is 16.5. The molecule has 0 spiro atoms. The van der Waals surface area contributed by atoms with E-state index in [9.17, 15) is 15.2 Å². The third-order valence-electron chi connectivity index (χ3n) is 5.74. The number of carbonyl (C=O) groups excluding carboxylic acids is 1. The number of pyridine rings is 1. The van der Waals surface area contributed by atoms with Crippen molar-refractivity contribution in [2.75, 3.05) is 23.4 Å². The molecule has 8 heteroatoms. The Labute approximate surface area is 163 Å². The monoisotopic (exact) mass is 381 g/mol. The lowest BCUT2D eigenvalue weighted by atomic mass is 9.83. The van der Waals surface area contributed by atoms with Gasteiger partial charge in [0.2, 0.25) is 11.8 Å². The van der Waals surface area contributed by atoms with E-state index < -0.39 is 10.8 Å². The largest absolute Gasteiger partial charge is 0.395 e. The van der Waals surface area contributed by atoms with Gasteiger partial charge in [0.25, 0.3) is 0 Å². The lowest BCUT2D eigenvalue weighted by Crippen LogP contribution is -2.35. The number of nitrogens with zero attached hydrogens (tertiary/aromatic N) is 4. The van der Waals surface area contributed by atoms with Crippen LogP contribution in [0.3, 0.4) is 0 Å². The summed E-state index contributed by atoms with van der Waals surface area (Å²) in [5.41, 5.74) is -0.0428. The second-order valence-corrected chi connectivity index (χ2v) is 8.21.